The minimum Gasteiger partial charge on any atom is -0.350 e. The second-order valence-corrected chi connectivity index (χ2v) is 7.48. The van der Waals surface area contributed by atoms with Crippen LogP contribution in [0.25, 0.3) is 10.1 Å². The quantitative estimate of drug-likeness (QED) is 0.916. The number of amides is 1. The molecule has 0 spiro atoms. The lowest BCUT2D eigenvalue weighted by atomic mass is 10.1. The Balaban J connectivity index is 2.56. The number of aromatic nitrogens is 1. The largest absolute Gasteiger partial charge is 0.350 e. The van der Waals surface area contributed by atoms with Gasteiger partial charge in [0, 0.05) is 28.4 Å². The van der Waals surface area contributed by atoms with Crippen LogP contribution in [0.4, 0.5) is 0 Å². The molecule has 4 nitrogen and oxygen atoms in total. The molecule has 2 heterocycles. The lowest BCUT2D eigenvalue weighted by Crippen LogP contribution is -2.33. The average molecular weight is 320 g/mol. The first-order valence-corrected chi connectivity index (χ1v) is 8.60. The van der Waals surface area contributed by atoms with Crippen molar-refractivity contribution in [1.82, 2.24) is 9.88 Å². The van der Waals surface area contributed by atoms with Gasteiger partial charge in [-0.05, 0) is 32.3 Å². The zero-order valence-corrected chi connectivity index (χ0v) is 14.7. The Kier molecular flexibility index (Phi) is 5.06. The van der Waals surface area contributed by atoms with E-state index in [1.807, 2.05) is 33.0 Å². The first-order chi connectivity index (χ1) is 10.3. The smallest absolute Gasteiger partial charge is 0.260 e. The number of aryl methyl sites for hydroxylation is 1. The van der Waals surface area contributed by atoms with E-state index >= 15 is 0 Å². The van der Waals surface area contributed by atoms with Gasteiger partial charge in [0.25, 0.3) is 11.5 Å². The van der Waals surface area contributed by atoms with E-state index in [4.69, 9.17) is 0 Å². The Morgan fingerprint density at radius 2 is 2.05 bits per heavy atom. The Morgan fingerprint density at radius 1 is 1.36 bits per heavy atom. The maximum Gasteiger partial charge on any atom is 0.260 e. The van der Waals surface area contributed by atoms with Gasteiger partial charge in [-0.2, -0.15) is 0 Å². The van der Waals surface area contributed by atoms with Gasteiger partial charge < -0.3 is 9.88 Å². The molecule has 2 aromatic rings. The molecule has 0 fully saturated rings. The van der Waals surface area contributed by atoms with Crippen molar-refractivity contribution in [2.24, 2.45) is 5.92 Å². The summed E-state index contributed by atoms with van der Waals surface area (Å²) in [4.78, 5) is 26.2. The summed E-state index contributed by atoms with van der Waals surface area (Å²) in [6.07, 6.45) is 2.70. The second-order valence-electron chi connectivity index (χ2n) is 6.22. The number of rotatable bonds is 5. The first-order valence-electron chi connectivity index (χ1n) is 7.78. The van der Waals surface area contributed by atoms with Crippen LogP contribution in [0.5, 0.6) is 0 Å². The Morgan fingerprint density at radius 3 is 2.64 bits per heavy atom. The van der Waals surface area contributed by atoms with Gasteiger partial charge in [0.15, 0.2) is 0 Å². The summed E-state index contributed by atoms with van der Waals surface area (Å²) in [6.45, 7) is 10.7. The van der Waals surface area contributed by atoms with E-state index in [0.717, 1.165) is 16.0 Å². The summed E-state index contributed by atoms with van der Waals surface area (Å²) < 4.78 is 2.59. The molecule has 2 rings (SSSR count). The van der Waals surface area contributed by atoms with Crippen LogP contribution < -0.4 is 10.9 Å². The standard InChI is InChI=1S/C17H24N2O2S/c1-6-11(4)18-16(20)14-12(5)22-13-7-8-19(9-10(2)3)17(21)15(13)14/h7-8,10-11H,6,9H2,1-5H3,(H,18,20)/t11-/m1/s1. The number of nitrogens with one attached hydrogen (secondary N) is 1. The summed E-state index contributed by atoms with van der Waals surface area (Å²) in [7, 11) is 0. The molecular formula is C17H24N2O2S. The van der Waals surface area contributed by atoms with E-state index in [2.05, 4.69) is 19.2 Å². The molecule has 1 N–H and O–H groups in total. The molecule has 0 unspecified atom stereocenters. The van der Waals surface area contributed by atoms with Crippen molar-refractivity contribution >= 4 is 27.3 Å². The van der Waals surface area contributed by atoms with E-state index in [1.54, 1.807) is 4.57 Å². The fraction of sp³-hybridized carbons (Fsp3) is 0.529. The molecular weight excluding hydrogens is 296 g/mol. The highest BCUT2D eigenvalue weighted by Gasteiger charge is 2.21. The zero-order chi connectivity index (χ0) is 16.4. The van der Waals surface area contributed by atoms with Crippen LogP contribution in [-0.4, -0.2) is 16.5 Å². The van der Waals surface area contributed by atoms with Crippen LogP contribution in [0.1, 0.15) is 49.4 Å². The maximum absolute atomic E-state index is 12.7. The molecule has 0 saturated heterocycles. The normalized spacial score (nSPS) is 12.8. The van der Waals surface area contributed by atoms with Crippen LogP contribution >= 0.6 is 11.3 Å². The van der Waals surface area contributed by atoms with Crippen LogP contribution in [0.15, 0.2) is 17.1 Å². The van der Waals surface area contributed by atoms with Crippen molar-refractivity contribution in [3.05, 3.63) is 33.1 Å². The van der Waals surface area contributed by atoms with E-state index in [9.17, 15) is 9.59 Å². The monoisotopic (exact) mass is 320 g/mol. The fourth-order valence-electron chi connectivity index (χ4n) is 2.47. The topological polar surface area (TPSA) is 51.1 Å². The van der Waals surface area contributed by atoms with Crippen LogP contribution in [0, 0.1) is 12.8 Å². The molecule has 0 aromatic carbocycles. The van der Waals surface area contributed by atoms with Gasteiger partial charge in [-0.1, -0.05) is 20.8 Å². The zero-order valence-electron chi connectivity index (χ0n) is 13.9. The number of pyridine rings is 1. The van der Waals surface area contributed by atoms with Crippen LogP contribution in [-0.2, 0) is 6.54 Å². The van der Waals surface area contributed by atoms with Gasteiger partial charge in [-0.3, -0.25) is 9.59 Å². The predicted octanol–water partition coefficient (Wildman–Crippen LogP) is 3.56. The summed E-state index contributed by atoms with van der Waals surface area (Å²) >= 11 is 1.51. The van der Waals surface area contributed by atoms with Gasteiger partial charge >= 0.3 is 0 Å². The number of carbonyl (C=O) groups is 1. The van der Waals surface area contributed by atoms with Crippen molar-refractivity contribution in [3.8, 4) is 0 Å². The summed E-state index contributed by atoms with van der Waals surface area (Å²) in [5, 5.41) is 3.53. The van der Waals surface area contributed by atoms with Crippen molar-refractivity contribution in [2.45, 2.75) is 53.6 Å². The van der Waals surface area contributed by atoms with Crippen molar-refractivity contribution in [1.29, 1.82) is 0 Å². The summed E-state index contributed by atoms with van der Waals surface area (Å²) in [5.41, 5.74) is 0.480. The third kappa shape index (κ3) is 3.24. The molecule has 1 atom stereocenters. The minimum atomic E-state index is -0.141. The molecule has 0 radical (unpaired) electrons. The van der Waals surface area contributed by atoms with Gasteiger partial charge in [-0.25, -0.2) is 0 Å². The Bertz CT molecular complexity index is 743. The van der Waals surface area contributed by atoms with E-state index in [0.29, 0.717) is 23.4 Å². The fourth-order valence-corrected chi connectivity index (χ4v) is 3.52. The van der Waals surface area contributed by atoms with Gasteiger partial charge in [0.2, 0.25) is 0 Å². The van der Waals surface area contributed by atoms with Crippen molar-refractivity contribution in [3.63, 3.8) is 0 Å². The van der Waals surface area contributed by atoms with Crippen molar-refractivity contribution < 1.29 is 4.79 Å². The molecule has 2 aromatic heterocycles. The highest BCUT2D eigenvalue weighted by Crippen LogP contribution is 2.28. The van der Waals surface area contributed by atoms with Crippen molar-refractivity contribution in [2.75, 3.05) is 0 Å². The molecule has 1 amide bonds. The molecule has 0 aliphatic carbocycles. The molecule has 0 saturated carbocycles. The number of thiophene rings is 1. The van der Waals surface area contributed by atoms with E-state index in [-0.39, 0.29) is 17.5 Å². The van der Waals surface area contributed by atoms with E-state index in [1.165, 1.54) is 11.3 Å². The summed E-state index contributed by atoms with van der Waals surface area (Å²) in [5.74, 6) is 0.241. The van der Waals surface area contributed by atoms with Gasteiger partial charge in [-0.15, -0.1) is 11.3 Å². The maximum atomic E-state index is 12.7. The minimum absolute atomic E-state index is 0.0650. The molecule has 0 bridgehead atoms. The SMILES string of the molecule is CC[C@@H](C)NC(=O)c1c(C)sc2ccn(CC(C)C)c(=O)c12. The molecule has 22 heavy (non-hydrogen) atoms. The number of hydrogen-bond acceptors (Lipinski definition) is 3. The average Bonchev–Trinajstić information content (AvgIpc) is 2.78. The highest BCUT2D eigenvalue weighted by molar-refractivity contribution is 7.19. The highest BCUT2D eigenvalue weighted by atomic mass is 32.1. The first kappa shape index (κ1) is 16.7. The third-order valence-corrected chi connectivity index (χ3v) is 4.84. The molecule has 0 aliphatic heterocycles. The predicted molar refractivity (Wildman–Crippen MR) is 92.9 cm³/mol. The molecule has 120 valence electrons. The van der Waals surface area contributed by atoms with Crippen LogP contribution in [0.3, 0.4) is 0 Å². The number of nitrogens with zero attached hydrogens (tertiary/aromatic N) is 1. The van der Waals surface area contributed by atoms with Crippen LogP contribution in [0.2, 0.25) is 0 Å². The number of carbonyl (C=O) groups excluding carboxylic acids is 1. The number of fused-ring (bicyclic) bond motifs is 1. The summed E-state index contributed by atoms with van der Waals surface area (Å²) in [6, 6.07) is 2.04. The second kappa shape index (κ2) is 6.65. The van der Waals surface area contributed by atoms with E-state index < -0.39 is 0 Å². The Labute approximate surface area is 135 Å². The van der Waals surface area contributed by atoms with Gasteiger partial charge in [0.05, 0.1) is 10.9 Å². The Hall–Kier alpha value is -1.62. The lowest BCUT2D eigenvalue weighted by Gasteiger charge is -2.12. The lowest BCUT2D eigenvalue weighted by molar-refractivity contribution is 0.0940. The molecule has 5 heteroatoms. The third-order valence-electron chi connectivity index (χ3n) is 3.77. The number of hydrogen-bond donors (Lipinski definition) is 1. The van der Waals surface area contributed by atoms with Gasteiger partial charge in [0.1, 0.15) is 0 Å². The molecule has 0 aliphatic rings.